The highest BCUT2D eigenvalue weighted by Gasteiger charge is 1.99. The number of nitrogens with zero attached hydrogens (tertiary/aromatic N) is 2. The fourth-order valence-electron chi connectivity index (χ4n) is 1.05. The molecule has 16 heavy (non-hydrogen) atoms. The van der Waals surface area contributed by atoms with E-state index < -0.39 is 0 Å². The summed E-state index contributed by atoms with van der Waals surface area (Å²) in [5, 5.41) is 0. The van der Waals surface area contributed by atoms with Gasteiger partial charge in [0.2, 0.25) is 0 Å². The summed E-state index contributed by atoms with van der Waals surface area (Å²) in [6, 6.07) is 7.76. The standard InChI is InChI=1S/C10H6Br2N2.2BrH/c11-7-1-3-9(13-5-7)10-4-2-8(12)6-14-10;;/h1-6H;2*1H. The second-order valence-electron chi connectivity index (χ2n) is 2.72. The Hall–Kier alpha value is 0.220. The van der Waals surface area contributed by atoms with Crippen molar-refractivity contribution in [2.24, 2.45) is 0 Å². The first-order valence-electron chi connectivity index (χ1n) is 3.99. The van der Waals surface area contributed by atoms with Gasteiger partial charge in [0.1, 0.15) is 0 Å². The molecule has 86 valence electrons. The Morgan fingerprint density at radius 2 is 1.06 bits per heavy atom. The Kier molecular flexibility index (Phi) is 7.63. The minimum Gasteiger partial charge on any atom is -0.253 e. The Morgan fingerprint density at radius 3 is 1.31 bits per heavy atom. The normalized spacial score (nSPS) is 8.88. The molecular weight excluding hydrogens is 468 g/mol. The van der Waals surface area contributed by atoms with Crippen LogP contribution < -0.4 is 0 Å². The van der Waals surface area contributed by atoms with Gasteiger partial charge in [0.25, 0.3) is 0 Å². The smallest absolute Gasteiger partial charge is 0.0886 e. The predicted molar refractivity (Wildman–Crippen MR) is 83.5 cm³/mol. The van der Waals surface area contributed by atoms with E-state index >= 15 is 0 Å². The van der Waals surface area contributed by atoms with Crippen LogP contribution in [0.2, 0.25) is 0 Å². The molecule has 0 amide bonds. The van der Waals surface area contributed by atoms with Crippen molar-refractivity contribution in [2.45, 2.75) is 0 Å². The summed E-state index contributed by atoms with van der Waals surface area (Å²) in [6.45, 7) is 0. The van der Waals surface area contributed by atoms with E-state index in [1.807, 2.05) is 24.3 Å². The maximum Gasteiger partial charge on any atom is 0.0886 e. The summed E-state index contributed by atoms with van der Waals surface area (Å²) in [7, 11) is 0. The zero-order chi connectivity index (χ0) is 9.97. The molecule has 0 N–H and O–H groups in total. The van der Waals surface area contributed by atoms with Crippen molar-refractivity contribution >= 4 is 65.8 Å². The van der Waals surface area contributed by atoms with Crippen LogP contribution in [-0.2, 0) is 0 Å². The van der Waals surface area contributed by atoms with Crippen molar-refractivity contribution in [3.8, 4) is 11.4 Å². The largest absolute Gasteiger partial charge is 0.253 e. The first-order chi connectivity index (χ1) is 6.75. The summed E-state index contributed by atoms with van der Waals surface area (Å²) in [5.41, 5.74) is 1.75. The van der Waals surface area contributed by atoms with Crippen LogP contribution in [0.3, 0.4) is 0 Å². The second kappa shape index (κ2) is 7.53. The summed E-state index contributed by atoms with van der Waals surface area (Å²) in [5.74, 6) is 0. The first-order valence-corrected chi connectivity index (χ1v) is 5.58. The molecule has 0 bridgehead atoms. The van der Waals surface area contributed by atoms with Gasteiger partial charge in [-0.1, -0.05) is 0 Å². The minimum absolute atomic E-state index is 0. The van der Waals surface area contributed by atoms with E-state index in [9.17, 15) is 0 Å². The zero-order valence-corrected chi connectivity index (χ0v) is 14.5. The summed E-state index contributed by atoms with van der Waals surface area (Å²) in [6.07, 6.45) is 3.53. The molecule has 0 atom stereocenters. The number of rotatable bonds is 1. The van der Waals surface area contributed by atoms with Gasteiger partial charge in [-0.2, -0.15) is 0 Å². The van der Waals surface area contributed by atoms with Crippen molar-refractivity contribution in [3.05, 3.63) is 45.6 Å². The molecule has 2 aromatic rings. The van der Waals surface area contributed by atoms with Crippen molar-refractivity contribution in [1.82, 2.24) is 9.97 Å². The minimum atomic E-state index is 0. The zero-order valence-electron chi connectivity index (χ0n) is 7.93. The Balaban J connectivity index is 0.00000112. The van der Waals surface area contributed by atoms with E-state index in [1.54, 1.807) is 12.4 Å². The van der Waals surface area contributed by atoms with Gasteiger partial charge >= 0.3 is 0 Å². The third-order valence-corrected chi connectivity index (χ3v) is 2.66. The highest BCUT2D eigenvalue weighted by molar-refractivity contribution is 9.10. The average molecular weight is 476 g/mol. The topological polar surface area (TPSA) is 25.8 Å². The lowest BCUT2D eigenvalue weighted by atomic mass is 10.2. The van der Waals surface area contributed by atoms with Gasteiger partial charge in [-0.3, -0.25) is 9.97 Å². The van der Waals surface area contributed by atoms with Gasteiger partial charge in [0, 0.05) is 21.3 Å². The Labute approximate surface area is 132 Å². The fraction of sp³-hybridized carbons (Fsp3) is 0. The lowest BCUT2D eigenvalue weighted by Crippen LogP contribution is -1.85. The second-order valence-corrected chi connectivity index (χ2v) is 4.55. The van der Waals surface area contributed by atoms with E-state index in [0.717, 1.165) is 20.3 Å². The average Bonchev–Trinajstić information content (AvgIpc) is 2.21. The Bertz CT molecular complexity index is 384. The maximum atomic E-state index is 4.25. The van der Waals surface area contributed by atoms with Gasteiger partial charge < -0.3 is 0 Å². The highest BCUT2D eigenvalue weighted by Crippen LogP contribution is 2.18. The number of pyridine rings is 2. The molecule has 0 aliphatic rings. The van der Waals surface area contributed by atoms with E-state index in [0.29, 0.717) is 0 Å². The molecular formula is C10H8Br4N2. The lowest BCUT2D eigenvalue weighted by Gasteiger charge is -1.99. The van der Waals surface area contributed by atoms with Gasteiger partial charge in [-0.15, -0.1) is 34.0 Å². The molecule has 0 unspecified atom stereocenters. The van der Waals surface area contributed by atoms with Crippen LogP contribution in [0.4, 0.5) is 0 Å². The molecule has 0 fully saturated rings. The van der Waals surface area contributed by atoms with Crippen molar-refractivity contribution < 1.29 is 0 Å². The third kappa shape index (κ3) is 4.24. The van der Waals surface area contributed by atoms with Gasteiger partial charge in [-0.25, -0.2) is 0 Å². The summed E-state index contributed by atoms with van der Waals surface area (Å²) < 4.78 is 1.94. The molecule has 2 aromatic heterocycles. The highest BCUT2D eigenvalue weighted by atomic mass is 79.9. The van der Waals surface area contributed by atoms with E-state index in [-0.39, 0.29) is 34.0 Å². The van der Waals surface area contributed by atoms with E-state index in [2.05, 4.69) is 41.8 Å². The summed E-state index contributed by atoms with van der Waals surface area (Å²) in [4.78, 5) is 8.51. The molecule has 2 heterocycles. The van der Waals surface area contributed by atoms with Crippen LogP contribution in [0, 0.1) is 0 Å². The molecule has 0 aliphatic carbocycles. The molecule has 0 saturated heterocycles. The predicted octanol–water partition coefficient (Wildman–Crippen LogP) is 4.82. The van der Waals surface area contributed by atoms with Crippen LogP contribution in [0.1, 0.15) is 0 Å². The number of hydrogen-bond acceptors (Lipinski definition) is 2. The quantitative estimate of drug-likeness (QED) is 0.591. The van der Waals surface area contributed by atoms with Gasteiger partial charge in [0.15, 0.2) is 0 Å². The molecule has 0 aromatic carbocycles. The van der Waals surface area contributed by atoms with Crippen molar-refractivity contribution in [3.63, 3.8) is 0 Å². The van der Waals surface area contributed by atoms with Crippen molar-refractivity contribution in [1.29, 1.82) is 0 Å². The molecule has 2 nitrogen and oxygen atoms in total. The Morgan fingerprint density at radius 1 is 0.688 bits per heavy atom. The van der Waals surface area contributed by atoms with Crippen LogP contribution in [0.25, 0.3) is 11.4 Å². The molecule has 6 heteroatoms. The molecule has 0 radical (unpaired) electrons. The van der Waals surface area contributed by atoms with Crippen LogP contribution in [-0.4, -0.2) is 9.97 Å². The van der Waals surface area contributed by atoms with Crippen LogP contribution in [0.5, 0.6) is 0 Å². The maximum absolute atomic E-state index is 4.25. The fourth-order valence-corrected chi connectivity index (χ4v) is 1.52. The summed E-state index contributed by atoms with van der Waals surface area (Å²) >= 11 is 6.68. The molecule has 0 aliphatic heterocycles. The SMILES string of the molecule is Br.Br.Brc1ccc(-c2ccc(Br)cn2)nc1. The van der Waals surface area contributed by atoms with E-state index in [4.69, 9.17) is 0 Å². The van der Waals surface area contributed by atoms with Gasteiger partial charge in [-0.05, 0) is 56.1 Å². The van der Waals surface area contributed by atoms with Crippen LogP contribution in [0.15, 0.2) is 45.6 Å². The van der Waals surface area contributed by atoms with E-state index in [1.165, 1.54) is 0 Å². The third-order valence-electron chi connectivity index (χ3n) is 1.72. The lowest BCUT2D eigenvalue weighted by molar-refractivity contribution is 1.23. The monoisotopic (exact) mass is 472 g/mol. The number of halogens is 4. The molecule has 2 rings (SSSR count). The van der Waals surface area contributed by atoms with Crippen LogP contribution >= 0.6 is 65.8 Å². The molecule has 0 spiro atoms. The van der Waals surface area contributed by atoms with Gasteiger partial charge in [0.05, 0.1) is 11.4 Å². The van der Waals surface area contributed by atoms with Crippen molar-refractivity contribution in [2.75, 3.05) is 0 Å². The molecule has 0 saturated carbocycles. The first kappa shape index (κ1) is 16.2. The number of hydrogen-bond donors (Lipinski definition) is 0. The number of aromatic nitrogens is 2.